The van der Waals surface area contributed by atoms with E-state index < -0.39 is 0 Å². The van der Waals surface area contributed by atoms with Crippen LogP contribution >= 0.6 is 0 Å². The van der Waals surface area contributed by atoms with E-state index in [-0.39, 0.29) is 24.5 Å². The van der Waals surface area contributed by atoms with E-state index in [9.17, 15) is 14.7 Å². The largest absolute Gasteiger partial charge is 0.496 e. The molecule has 5 rings (SSSR count). The molecule has 39 heavy (non-hydrogen) atoms. The molecule has 0 spiro atoms. The van der Waals surface area contributed by atoms with Crippen LogP contribution in [0.3, 0.4) is 0 Å². The molecule has 0 aliphatic carbocycles. The molecular weight excluding hydrogens is 492 g/mol. The van der Waals surface area contributed by atoms with Gasteiger partial charge in [-0.05, 0) is 68.4 Å². The fourth-order valence-electron chi connectivity index (χ4n) is 5.97. The van der Waals surface area contributed by atoms with Crippen molar-refractivity contribution >= 4 is 17.6 Å². The van der Waals surface area contributed by atoms with Gasteiger partial charge in [0.1, 0.15) is 11.6 Å². The number of amides is 2. The van der Waals surface area contributed by atoms with Crippen molar-refractivity contribution in [3.63, 3.8) is 0 Å². The Bertz CT molecular complexity index is 1270. The Balaban J connectivity index is 1.20. The molecule has 2 aliphatic rings. The maximum absolute atomic E-state index is 13.3. The van der Waals surface area contributed by atoms with Crippen molar-refractivity contribution in [2.75, 3.05) is 18.6 Å². The summed E-state index contributed by atoms with van der Waals surface area (Å²) in [7, 11) is 1.60. The maximum atomic E-state index is 13.3. The van der Waals surface area contributed by atoms with E-state index in [0.29, 0.717) is 48.3 Å². The third-order valence-corrected chi connectivity index (χ3v) is 7.82. The van der Waals surface area contributed by atoms with Crippen molar-refractivity contribution in [2.45, 2.75) is 63.2 Å². The number of nitrogens with zero attached hydrogens (tertiary/aromatic N) is 2. The number of ether oxygens (including phenoxy) is 1. The van der Waals surface area contributed by atoms with Crippen LogP contribution in [0.5, 0.6) is 5.75 Å². The number of hydrogen-bond acceptors (Lipinski definition) is 6. The van der Waals surface area contributed by atoms with Crippen molar-refractivity contribution < 1.29 is 19.4 Å². The van der Waals surface area contributed by atoms with Gasteiger partial charge in [-0.15, -0.1) is 0 Å². The minimum Gasteiger partial charge on any atom is -0.496 e. The van der Waals surface area contributed by atoms with Crippen LogP contribution < -0.4 is 20.3 Å². The van der Waals surface area contributed by atoms with Gasteiger partial charge in [-0.3, -0.25) is 9.59 Å². The molecule has 2 aromatic carbocycles. The van der Waals surface area contributed by atoms with E-state index in [0.717, 1.165) is 42.6 Å². The Hall–Kier alpha value is -3.91. The minimum atomic E-state index is -0.141. The summed E-state index contributed by atoms with van der Waals surface area (Å²) in [5.41, 5.74) is 3.04. The van der Waals surface area contributed by atoms with Gasteiger partial charge in [0.2, 0.25) is 0 Å². The lowest BCUT2D eigenvalue weighted by molar-refractivity contribution is 0.0923. The predicted octanol–water partition coefficient (Wildman–Crippen LogP) is 3.87. The molecule has 3 aromatic rings. The van der Waals surface area contributed by atoms with E-state index in [1.165, 1.54) is 0 Å². The molecule has 2 saturated heterocycles. The van der Waals surface area contributed by atoms with Crippen molar-refractivity contribution in [3.05, 3.63) is 89.1 Å². The van der Waals surface area contributed by atoms with Crippen LogP contribution in [-0.4, -0.2) is 53.7 Å². The van der Waals surface area contributed by atoms with Crippen molar-refractivity contribution in [2.24, 2.45) is 0 Å². The number of hydrogen-bond donors (Lipinski definition) is 3. The molecule has 8 heteroatoms. The molecule has 1 aromatic heterocycles. The summed E-state index contributed by atoms with van der Waals surface area (Å²) in [6.07, 6.45) is 6.61. The highest BCUT2D eigenvalue weighted by Gasteiger charge is 2.42. The molecule has 2 bridgehead atoms. The molecule has 2 amide bonds. The van der Waals surface area contributed by atoms with E-state index >= 15 is 0 Å². The molecule has 0 saturated carbocycles. The van der Waals surface area contributed by atoms with Crippen LogP contribution in [0, 0.1) is 0 Å². The molecule has 0 radical (unpaired) electrons. The van der Waals surface area contributed by atoms with Crippen LogP contribution in [0.15, 0.2) is 66.9 Å². The van der Waals surface area contributed by atoms with Crippen LogP contribution in [0.25, 0.3) is 0 Å². The molecule has 3 N–H and O–H groups in total. The average molecular weight is 529 g/mol. The lowest BCUT2D eigenvalue weighted by Crippen LogP contribution is -2.51. The summed E-state index contributed by atoms with van der Waals surface area (Å²) in [4.78, 5) is 32.9. The molecule has 3 atom stereocenters. The van der Waals surface area contributed by atoms with Gasteiger partial charge in [-0.2, -0.15) is 0 Å². The van der Waals surface area contributed by atoms with E-state index in [1.807, 2.05) is 60.7 Å². The van der Waals surface area contributed by atoms with Crippen LogP contribution in [0.4, 0.5) is 5.82 Å². The zero-order valence-corrected chi connectivity index (χ0v) is 22.3. The third kappa shape index (κ3) is 6.06. The first-order valence-corrected chi connectivity index (χ1v) is 13.7. The number of aromatic nitrogens is 1. The molecule has 2 fully saturated rings. The number of carbonyl (C=O) groups excluding carboxylic acids is 2. The van der Waals surface area contributed by atoms with Crippen molar-refractivity contribution in [1.82, 2.24) is 15.6 Å². The molecular formula is C31H36N4O4. The zero-order chi connectivity index (χ0) is 27.2. The highest BCUT2D eigenvalue weighted by molar-refractivity contribution is 5.96. The number of piperidine rings is 1. The fourth-order valence-corrected chi connectivity index (χ4v) is 5.97. The number of pyridine rings is 1. The van der Waals surface area contributed by atoms with Crippen molar-refractivity contribution in [3.8, 4) is 5.75 Å². The van der Waals surface area contributed by atoms with Crippen LogP contribution in [0.1, 0.15) is 63.9 Å². The van der Waals surface area contributed by atoms with Gasteiger partial charge >= 0.3 is 0 Å². The fraction of sp³-hybridized carbons (Fsp3) is 0.387. The van der Waals surface area contributed by atoms with E-state index in [1.54, 1.807) is 13.3 Å². The quantitative estimate of drug-likeness (QED) is 0.369. The summed E-state index contributed by atoms with van der Waals surface area (Å²) >= 11 is 0. The zero-order valence-electron chi connectivity index (χ0n) is 22.3. The maximum Gasteiger partial charge on any atom is 0.253 e. The standard InChI is InChI=1S/C31H36N4O4/c1-39-28-11-5-9-27(26(28)10-6-16-36)31(38)34-23-17-24-13-14-25(18-23)35(24)29-15-12-22(20-32-29)30(37)33-19-21-7-3-2-4-8-21/h2-5,7-9,11-12,15,20,23-25,36H,6,10,13-14,16-19H2,1H3,(H,33,37)(H,34,38)/t23?,24-,25+. The topological polar surface area (TPSA) is 104 Å². The Morgan fingerprint density at radius 2 is 1.77 bits per heavy atom. The summed E-state index contributed by atoms with van der Waals surface area (Å²) < 4.78 is 5.49. The SMILES string of the molecule is COc1cccc(C(=O)NC2C[C@H]3CC[C@@H](C2)N3c2ccc(C(=O)NCc3ccccc3)cn2)c1CCCO. The number of methoxy groups -OCH3 is 1. The number of anilines is 1. The average Bonchev–Trinajstić information content (AvgIpc) is 3.24. The van der Waals surface area contributed by atoms with Crippen LogP contribution in [-0.2, 0) is 13.0 Å². The van der Waals surface area contributed by atoms with Crippen LogP contribution in [0.2, 0.25) is 0 Å². The van der Waals surface area contributed by atoms with E-state index in [2.05, 4.69) is 20.5 Å². The first-order valence-electron chi connectivity index (χ1n) is 13.7. The number of aliphatic hydroxyl groups excluding tert-OH is 1. The second kappa shape index (κ2) is 12.3. The van der Waals surface area contributed by atoms with E-state index in [4.69, 9.17) is 4.74 Å². The van der Waals surface area contributed by atoms with Gasteiger partial charge in [-0.25, -0.2) is 4.98 Å². The van der Waals surface area contributed by atoms with Gasteiger partial charge in [0.25, 0.3) is 11.8 Å². The number of rotatable bonds is 10. The van der Waals surface area contributed by atoms with Gasteiger partial charge in [0.15, 0.2) is 0 Å². The molecule has 1 unspecified atom stereocenters. The monoisotopic (exact) mass is 528 g/mol. The van der Waals surface area contributed by atoms with Crippen molar-refractivity contribution in [1.29, 1.82) is 0 Å². The number of benzene rings is 2. The first-order chi connectivity index (χ1) is 19.1. The molecule has 2 aliphatic heterocycles. The molecule has 3 heterocycles. The second-order valence-electron chi connectivity index (χ2n) is 10.3. The summed E-state index contributed by atoms with van der Waals surface area (Å²) in [5.74, 6) is 1.32. The number of carbonyl (C=O) groups is 2. The van der Waals surface area contributed by atoms with Gasteiger partial charge < -0.3 is 25.4 Å². The second-order valence-corrected chi connectivity index (χ2v) is 10.3. The number of nitrogens with one attached hydrogen (secondary N) is 2. The van der Waals surface area contributed by atoms with Gasteiger partial charge in [0.05, 0.1) is 12.7 Å². The highest BCUT2D eigenvalue weighted by Crippen LogP contribution is 2.38. The summed E-state index contributed by atoms with van der Waals surface area (Å²) in [6, 6.07) is 19.8. The highest BCUT2D eigenvalue weighted by atomic mass is 16.5. The smallest absolute Gasteiger partial charge is 0.253 e. The Morgan fingerprint density at radius 3 is 2.44 bits per heavy atom. The molecule has 204 valence electrons. The Labute approximate surface area is 229 Å². The minimum absolute atomic E-state index is 0.0638. The molecule has 8 nitrogen and oxygen atoms in total. The number of fused-ring (bicyclic) bond motifs is 2. The summed E-state index contributed by atoms with van der Waals surface area (Å²) in [5, 5.41) is 15.5. The predicted molar refractivity (Wildman–Crippen MR) is 150 cm³/mol. The Morgan fingerprint density at radius 1 is 1.00 bits per heavy atom. The summed E-state index contributed by atoms with van der Waals surface area (Å²) in [6.45, 7) is 0.539. The Kier molecular flexibility index (Phi) is 8.42. The lowest BCUT2D eigenvalue weighted by Gasteiger charge is -2.40. The number of aliphatic hydroxyl groups is 1. The third-order valence-electron chi connectivity index (χ3n) is 7.82. The lowest BCUT2D eigenvalue weighted by atomic mass is 9.95. The normalized spacial score (nSPS) is 19.9. The first kappa shape index (κ1) is 26.7. The van der Waals surface area contributed by atoms with Gasteiger partial charge in [0, 0.05) is 48.6 Å². The van der Waals surface area contributed by atoms with Gasteiger partial charge in [-0.1, -0.05) is 36.4 Å².